The highest BCUT2D eigenvalue weighted by atomic mass is 35.5. The minimum atomic E-state index is -1.76. The van der Waals surface area contributed by atoms with Gasteiger partial charge in [0, 0.05) is 0 Å². The van der Waals surface area contributed by atoms with Crippen molar-refractivity contribution in [1.82, 2.24) is 10.7 Å². The van der Waals surface area contributed by atoms with Gasteiger partial charge in [0.1, 0.15) is 0 Å². The van der Waals surface area contributed by atoms with Gasteiger partial charge in [-0.2, -0.15) is 0 Å². The van der Waals surface area contributed by atoms with Crippen LogP contribution >= 0.6 is 12.4 Å². The van der Waals surface area contributed by atoms with Crippen LogP contribution in [-0.2, 0) is 19.1 Å². The lowest BCUT2D eigenvalue weighted by Gasteiger charge is -2.21. The zero-order chi connectivity index (χ0) is 10.8. The maximum absolute atomic E-state index is 11.4. The van der Waals surface area contributed by atoms with E-state index >= 15 is 0 Å². The lowest BCUT2D eigenvalue weighted by Crippen LogP contribution is -2.60. The number of hydrazine groups is 1. The second-order valence-corrected chi connectivity index (χ2v) is 2.82. The third-order valence-corrected chi connectivity index (χ3v) is 1.94. The van der Waals surface area contributed by atoms with Crippen LogP contribution in [0, 0.1) is 0 Å². The van der Waals surface area contributed by atoms with E-state index in [1.807, 2.05) is 10.7 Å². The number of rotatable bonds is 3. The summed E-state index contributed by atoms with van der Waals surface area (Å²) in [4.78, 5) is 33.6. The molecule has 4 N–H and O–H groups in total. The molecule has 1 rings (SSSR count). The molecule has 0 radical (unpaired) electrons. The Morgan fingerprint density at radius 1 is 1.67 bits per heavy atom. The number of nitrogens with two attached hydrogens (primary N) is 1. The van der Waals surface area contributed by atoms with Crippen LogP contribution in [0.4, 0.5) is 0 Å². The van der Waals surface area contributed by atoms with Gasteiger partial charge in [-0.05, 0) is 6.92 Å². The van der Waals surface area contributed by atoms with Crippen molar-refractivity contribution < 1.29 is 19.1 Å². The van der Waals surface area contributed by atoms with E-state index in [9.17, 15) is 14.4 Å². The van der Waals surface area contributed by atoms with Crippen LogP contribution in [0.5, 0.6) is 0 Å². The molecule has 15 heavy (non-hydrogen) atoms. The largest absolute Gasteiger partial charge is 0.464 e. The number of hydrogen-bond donors (Lipinski definition) is 3. The fourth-order valence-electron chi connectivity index (χ4n) is 1.19. The lowest BCUT2D eigenvalue weighted by atomic mass is 9.99. The Balaban J connectivity index is 0.00000196. The van der Waals surface area contributed by atoms with Crippen molar-refractivity contribution >= 4 is 30.2 Å². The predicted molar refractivity (Wildman–Crippen MR) is 51.7 cm³/mol. The average molecular weight is 238 g/mol. The van der Waals surface area contributed by atoms with Crippen LogP contribution in [0.25, 0.3) is 0 Å². The first-order valence-electron chi connectivity index (χ1n) is 4.06. The molecule has 0 spiro atoms. The van der Waals surface area contributed by atoms with Gasteiger partial charge >= 0.3 is 5.97 Å². The summed E-state index contributed by atoms with van der Waals surface area (Å²) in [7, 11) is 0. The van der Waals surface area contributed by atoms with Gasteiger partial charge in [0.05, 0.1) is 13.0 Å². The summed E-state index contributed by atoms with van der Waals surface area (Å²) in [6, 6.07) is 0. The monoisotopic (exact) mass is 237 g/mol. The molecule has 86 valence electrons. The summed E-state index contributed by atoms with van der Waals surface area (Å²) < 4.78 is 4.64. The van der Waals surface area contributed by atoms with Gasteiger partial charge in [-0.25, -0.2) is 10.2 Å². The molecular weight excluding hydrogens is 226 g/mol. The summed E-state index contributed by atoms with van der Waals surface area (Å²) in [6.07, 6.45) is -0.332. The quantitative estimate of drug-likeness (QED) is 0.176. The van der Waals surface area contributed by atoms with E-state index in [4.69, 9.17) is 5.84 Å². The first-order valence-corrected chi connectivity index (χ1v) is 4.06. The Labute approximate surface area is 92.1 Å². The minimum absolute atomic E-state index is 0. The van der Waals surface area contributed by atoms with E-state index in [2.05, 4.69) is 4.74 Å². The van der Waals surface area contributed by atoms with Crippen LogP contribution < -0.4 is 16.6 Å². The number of esters is 1. The number of amides is 2. The number of nitrogens with one attached hydrogen (secondary N) is 2. The van der Waals surface area contributed by atoms with Crippen molar-refractivity contribution in [1.29, 1.82) is 0 Å². The summed E-state index contributed by atoms with van der Waals surface area (Å²) in [5.41, 5.74) is 0.278. The van der Waals surface area contributed by atoms with Crippen molar-refractivity contribution in [3.8, 4) is 0 Å². The van der Waals surface area contributed by atoms with Crippen molar-refractivity contribution in [3.63, 3.8) is 0 Å². The topological polar surface area (TPSA) is 111 Å². The third kappa shape index (κ3) is 2.25. The molecule has 1 aliphatic rings. The Morgan fingerprint density at radius 3 is 2.60 bits per heavy atom. The van der Waals surface area contributed by atoms with Gasteiger partial charge < -0.3 is 4.74 Å². The van der Waals surface area contributed by atoms with E-state index in [1.54, 1.807) is 6.92 Å². The third-order valence-electron chi connectivity index (χ3n) is 1.94. The number of imide groups is 1. The molecule has 2 amide bonds. The van der Waals surface area contributed by atoms with E-state index < -0.39 is 23.3 Å². The van der Waals surface area contributed by atoms with Gasteiger partial charge in [-0.15, -0.1) is 12.4 Å². The van der Waals surface area contributed by atoms with Crippen LogP contribution in [0.3, 0.4) is 0 Å². The first kappa shape index (κ1) is 13.8. The molecule has 1 unspecified atom stereocenters. The molecule has 0 saturated carbocycles. The van der Waals surface area contributed by atoms with Crippen LogP contribution in [0.1, 0.15) is 13.3 Å². The molecule has 0 aliphatic carbocycles. The number of carbonyl (C=O) groups excluding carboxylic acids is 3. The highest BCUT2D eigenvalue weighted by Crippen LogP contribution is 2.17. The van der Waals surface area contributed by atoms with E-state index in [1.165, 1.54) is 0 Å². The molecule has 0 aromatic carbocycles. The van der Waals surface area contributed by atoms with Gasteiger partial charge in [0.25, 0.3) is 5.91 Å². The predicted octanol–water partition coefficient (Wildman–Crippen LogP) is -1.78. The Hall–Kier alpha value is -1.18. The van der Waals surface area contributed by atoms with Crippen molar-refractivity contribution in [3.05, 3.63) is 0 Å². The van der Waals surface area contributed by atoms with Crippen molar-refractivity contribution in [2.45, 2.75) is 18.9 Å². The highest BCUT2D eigenvalue weighted by Gasteiger charge is 2.53. The maximum Gasteiger partial charge on any atom is 0.338 e. The summed E-state index contributed by atoms with van der Waals surface area (Å²) >= 11 is 0. The minimum Gasteiger partial charge on any atom is -0.464 e. The smallest absolute Gasteiger partial charge is 0.338 e. The van der Waals surface area contributed by atoms with Crippen LogP contribution in [-0.4, -0.2) is 29.9 Å². The fourth-order valence-corrected chi connectivity index (χ4v) is 1.19. The summed E-state index contributed by atoms with van der Waals surface area (Å²) in [5.74, 6) is 2.92. The van der Waals surface area contributed by atoms with Gasteiger partial charge in [-0.1, -0.05) is 0 Å². The fraction of sp³-hybridized carbons (Fsp3) is 0.571. The molecule has 8 heteroatoms. The Bertz CT molecular complexity index is 296. The maximum atomic E-state index is 11.4. The second-order valence-electron chi connectivity index (χ2n) is 2.82. The van der Waals surface area contributed by atoms with Crippen molar-refractivity contribution in [2.75, 3.05) is 6.61 Å². The zero-order valence-electron chi connectivity index (χ0n) is 8.03. The van der Waals surface area contributed by atoms with E-state index in [0.29, 0.717) is 0 Å². The molecular formula is C7H12ClN3O4. The lowest BCUT2D eigenvalue weighted by molar-refractivity contribution is -0.154. The Morgan fingerprint density at radius 2 is 2.27 bits per heavy atom. The van der Waals surface area contributed by atoms with Crippen molar-refractivity contribution in [2.24, 2.45) is 5.84 Å². The van der Waals surface area contributed by atoms with Crippen LogP contribution in [0.15, 0.2) is 0 Å². The van der Waals surface area contributed by atoms with Gasteiger partial charge in [-0.3, -0.25) is 20.7 Å². The molecule has 0 aromatic heterocycles. The molecule has 7 nitrogen and oxygen atoms in total. The molecule has 1 fully saturated rings. The molecule has 1 aliphatic heterocycles. The SMILES string of the molecule is CCOC(=O)C1(NN)CC(=O)NC1=O.Cl. The second kappa shape index (κ2) is 5.06. The Kier molecular flexibility index (Phi) is 4.66. The number of ether oxygens (including phenoxy) is 1. The first-order chi connectivity index (χ1) is 6.56. The molecule has 1 atom stereocenters. The number of carbonyl (C=O) groups is 3. The van der Waals surface area contributed by atoms with E-state index in [-0.39, 0.29) is 25.4 Å². The van der Waals surface area contributed by atoms with Gasteiger partial charge in [0.2, 0.25) is 11.4 Å². The summed E-state index contributed by atoms with van der Waals surface area (Å²) in [6.45, 7) is 1.71. The van der Waals surface area contributed by atoms with Crippen LogP contribution in [0.2, 0.25) is 0 Å². The summed E-state index contributed by atoms with van der Waals surface area (Å²) in [5, 5.41) is 1.98. The molecule has 1 saturated heterocycles. The highest BCUT2D eigenvalue weighted by molar-refractivity contribution is 6.19. The average Bonchev–Trinajstić information content (AvgIpc) is 2.42. The molecule has 0 bridgehead atoms. The number of hydrogen-bond acceptors (Lipinski definition) is 6. The molecule has 0 aromatic rings. The van der Waals surface area contributed by atoms with Gasteiger partial charge in [0.15, 0.2) is 0 Å². The van der Waals surface area contributed by atoms with E-state index in [0.717, 1.165) is 0 Å². The standard InChI is InChI=1S/C7H11N3O4.ClH/c1-2-14-6(13)7(10-8)3-4(11)9-5(7)12;/h10H,2-3,8H2,1H3,(H,9,11,12);1H. The zero-order valence-corrected chi connectivity index (χ0v) is 8.85. The molecule has 1 heterocycles. The number of halogens is 1. The normalized spacial score (nSPS) is 24.4.